The van der Waals surface area contributed by atoms with Crippen LogP contribution in [0.25, 0.3) is 0 Å². The number of methoxy groups -OCH3 is 1. The number of hydrogen-bond donors (Lipinski definition) is 1. The van der Waals surface area contributed by atoms with Crippen molar-refractivity contribution < 1.29 is 9.84 Å². The molecule has 10 heavy (non-hydrogen) atoms. The Morgan fingerprint density at radius 1 is 1.50 bits per heavy atom. The summed E-state index contributed by atoms with van der Waals surface area (Å²) in [4.78, 5) is 0. The van der Waals surface area contributed by atoms with Gasteiger partial charge in [-0.2, -0.15) is 0 Å². The molecule has 1 atom stereocenters. The van der Waals surface area contributed by atoms with Gasteiger partial charge in [-0.05, 0) is 6.92 Å². The third-order valence-electron chi connectivity index (χ3n) is 0.954. The minimum absolute atomic E-state index is 0.310. The van der Waals surface area contributed by atoms with Crippen molar-refractivity contribution in [2.24, 2.45) is 0 Å². The summed E-state index contributed by atoms with van der Waals surface area (Å²) in [5, 5.41) is 8.78. The van der Waals surface area contributed by atoms with Gasteiger partial charge in [0.05, 0.1) is 12.7 Å². The van der Waals surface area contributed by atoms with Crippen molar-refractivity contribution in [2.45, 2.75) is 25.9 Å². The molecular weight excluding hydrogens is 128 g/mol. The second-order valence-electron chi connectivity index (χ2n) is 2.15. The van der Waals surface area contributed by atoms with Gasteiger partial charge >= 0.3 is 0 Å². The summed E-state index contributed by atoms with van der Waals surface area (Å²) < 4.78 is 4.78. The molecule has 0 aliphatic rings. The molecule has 0 saturated heterocycles. The molecule has 0 heterocycles. The Morgan fingerprint density at radius 2 is 2.20 bits per heavy atom. The molecule has 2 heteroatoms. The smallest absolute Gasteiger partial charge is 0.0621 e. The number of hydrogen-bond acceptors (Lipinski definition) is 2. The van der Waals surface area contributed by atoms with Crippen molar-refractivity contribution in [3.63, 3.8) is 0 Å². The fourth-order valence-electron chi connectivity index (χ4n) is 0.461. The zero-order valence-corrected chi connectivity index (χ0v) is 6.55. The first kappa shape index (κ1) is 9.48. The van der Waals surface area contributed by atoms with Gasteiger partial charge in [0.15, 0.2) is 0 Å². The lowest BCUT2D eigenvalue weighted by molar-refractivity contribution is 0.200. The monoisotopic (exact) mass is 142 g/mol. The van der Waals surface area contributed by atoms with Crippen LogP contribution < -0.4 is 0 Å². The first-order valence-corrected chi connectivity index (χ1v) is 3.40. The van der Waals surface area contributed by atoms with Crippen LogP contribution in [-0.2, 0) is 4.74 Å². The second-order valence-corrected chi connectivity index (χ2v) is 2.15. The fraction of sp³-hybridized carbons (Fsp3) is 0.750. The maximum atomic E-state index is 8.78. The average Bonchev–Trinajstić information content (AvgIpc) is 1.87. The number of ether oxygens (including phenoxy) is 1. The topological polar surface area (TPSA) is 29.5 Å². The summed E-state index contributed by atoms with van der Waals surface area (Å²) in [6.07, 6.45) is 1.00. The Kier molecular flexibility index (Phi) is 6.25. The highest BCUT2D eigenvalue weighted by molar-refractivity contribution is 4.99. The van der Waals surface area contributed by atoms with Crippen LogP contribution in [0.15, 0.2) is 0 Å². The minimum Gasteiger partial charge on any atom is -0.392 e. The van der Waals surface area contributed by atoms with E-state index < -0.39 is 0 Å². The van der Waals surface area contributed by atoms with Gasteiger partial charge < -0.3 is 9.84 Å². The third kappa shape index (κ3) is 7.48. The predicted octanol–water partition coefficient (Wildman–Crippen LogP) is 0.797. The summed E-state index contributed by atoms with van der Waals surface area (Å²) in [6, 6.07) is 0. The van der Waals surface area contributed by atoms with E-state index in [0.29, 0.717) is 13.0 Å². The van der Waals surface area contributed by atoms with E-state index in [9.17, 15) is 0 Å². The standard InChI is InChI=1S/C8H14O2/c1-8(9)6-4-3-5-7-10-2/h8-9H,5-7H2,1-2H3/t8-/m0/s1. The van der Waals surface area contributed by atoms with E-state index in [2.05, 4.69) is 11.8 Å². The molecule has 0 unspecified atom stereocenters. The Morgan fingerprint density at radius 3 is 2.70 bits per heavy atom. The zero-order chi connectivity index (χ0) is 7.82. The van der Waals surface area contributed by atoms with Crippen molar-refractivity contribution >= 4 is 0 Å². The molecule has 0 aliphatic heterocycles. The molecule has 2 nitrogen and oxygen atoms in total. The quantitative estimate of drug-likeness (QED) is 0.466. The number of aliphatic hydroxyl groups excluding tert-OH is 1. The summed E-state index contributed by atoms with van der Waals surface area (Å²) in [5.74, 6) is 5.72. The van der Waals surface area contributed by atoms with E-state index in [4.69, 9.17) is 9.84 Å². The van der Waals surface area contributed by atoms with Gasteiger partial charge in [0.2, 0.25) is 0 Å². The maximum Gasteiger partial charge on any atom is 0.0621 e. The molecule has 0 saturated carbocycles. The highest BCUT2D eigenvalue weighted by Crippen LogP contribution is 1.85. The molecule has 0 aliphatic carbocycles. The van der Waals surface area contributed by atoms with E-state index in [1.807, 2.05) is 0 Å². The van der Waals surface area contributed by atoms with Gasteiger partial charge in [0, 0.05) is 20.0 Å². The molecule has 0 spiro atoms. The van der Waals surface area contributed by atoms with E-state index in [-0.39, 0.29) is 6.10 Å². The van der Waals surface area contributed by atoms with E-state index in [1.54, 1.807) is 14.0 Å². The molecule has 0 aromatic carbocycles. The summed E-state index contributed by atoms with van der Waals surface area (Å²) in [6.45, 7) is 2.40. The Bertz CT molecular complexity index is 119. The van der Waals surface area contributed by atoms with Crippen LogP contribution in [0.5, 0.6) is 0 Å². The average molecular weight is 142 g/mol. The first-order valence-electron chi connectivity index (χ1n) is 3.40. The van der Waals surface area contributed by atoms with Gasteiger partial charge in [-0.15, -0.1) is 11.8 Å². The molecule has 0 aromatic rings. The Hall–Kier alpha value is -0.520. The molecule has 0 aromatic heterocycles. The molecule has 0 rings (SSSR count). The second kappa shape index (κ2) is 6.60. The molecule has 1 N–H and O–H groups in total. The molecule has 58 valence electrons. The van der Waals surface area contributed by atoms with Gasteiger partial charge in [0.25, 0.3) is 0 Å². The van der Waals surface area contributed by atoms with Crippen molar-refractivity contribution in [3.05, 3.63) is 0 Å². The summed E-state index contributed by atoms with van der Waals surface area (Å²) >= 11 is 0. The lowest BCUT2D eigenvalue weighted by Gasteiger charge is -1.92. The van der Waals surface area contributed by atoms with Gasteiger partial charge in [-0.3, -0.25) is 0 Å². The summed E-state index contributed by atoms with van der Waals surface area (Å²) in [7, 11) is 1.65. The molecule has 0 fully saturated rings. The van der Waals surface area contributed by atoms with Crippen molar-refractivity contribution in [3.8, 4) is 11.8 Å². The summed E-state index contributed by atoms with van der Waals surface area (Å²) in [5.41, 5.74) is 0. The Labute approximate surface area is 62.2 Å². The number of aliphatic hydroxyl groups is 1. The maximum absolute atomic E-state index is 8.78. The minimum atomic E-state index is -0.310. The van der Waals surface area contributed by atoms with E-state index in [1.165, 1.54) is 0 Å². The van der Waals surface area contributed by atoms with Crippen LogP contribution in [0.3, 0.4) is 0 Å². The van der Waals surface area contributed by atoms with Crippen molar-refractivity contribution in [1.82, 2.24) is 0 Å². The van der Waals surface area contributed by atoms with Crippen molar-refractivity contribution in [2.75, 3.05) is 13.7 Å². The van der Waals surface area contributed by atoms with Crippen LogP contribution >= 0.6 is 0 Å². The first-order chi connectivity index (χ1) is 4.77. The highest BCUT2D eigenvalue weighted by Gasteiger charge is 1.87. The van der Waals surface area contributed by atoms with Crippen LogP contribution in [0.2, 0.25) is 0 Å². The molecular formula is C8H14O2. The normalized spacial score (nSPS) is 11.9. The predicted molar refractivity (Wildman–Crippen MR) is 40.6 cm³/mol. The van der Waals surface area contributed by atoms with Crippen molar-refractivity contribution in [1.29, 1.82) is 0 Å². The van der Waals surface area contributed by atoms with Gasteiger partial charge in [0.1, 0.15) is 0 Å². The number of rotatable bonds is 3. The van der Waals surface area contributed by atoms with Crippen LogP contribution in [-0.4, -0.2) is 24.9 Å². The molecule has 0 amide bonds. The third-order valence-corrected chi connectivity index (χ3v) is 0.954. The van der Waals surface area contributed by atoms with E-state index >= 15 is 0 Å². The zero-order valence-electron chi connectivity index (χ0n) is 6.55. The van der Waals surface area contributed by atoms with Crippen LogP contribution in [0.1, 0.15) is 19.8 Å². The lowest BCUT2D eigenvalue weighted by atomic mass is 10.3. The van der Waals surface area contributed by atoms with Gasteiger partial charge in [-0.1, -0.05) is 0 Å². The largest absolute Gasteiger partial charge is 0.392 e. The van der Waals surface area contributed by atoms with Gasteiger partial charge in [-0.25, -0.2) is 0 Å². The fourth-order valence-corrected chi connectivity index (χ4v) is 0.461. The highest BCUT2D eigenvalue weighted by atomic mass is 16.5. The van der Waals surface area contributed by atoms with Crippen LogP contribution in [0.4, 0.5) is 0 Å². The molecule has 0 radical (unpaired) electrons. The Balaban J connectivity index is 3.14. The van der Waals surface area contributed by atoms with E-state index in [0.717, 1.165) is 6.42 Å². The van der Waals surface area contributed by atoms with Crippen LogP contribution in [0, 0.1) is 11.8 Å². The lowest BCUT2D eigenvalue weighted by Crippen LogP contribution is -1.95. The molecule has 0 bridgehead atoms. The SMILES string of the molecule is COCCC#CC[C@H](C)O.